The lowest BCUT2D eigenvalue weighted by molar-refractivity contribution is -0.122. The summed E-state index contributed by atoms with van der Waals surface area (Å²) in [6.07, 6.45) is 7.94. The average Bonchev–Trinajstić information content (AvgIpc) is 2.77. The highest BCUT2D eigenvalue weighted by Crippen LogP contribution is 2.28. The third kappa shape index (κ3) is 5.38. The maximum atomic E-state index is 12.0. The van der Waals surface area contributed by atoms with Crippen molar-refractivity contribution in [2.75, 3.05) is 6.54 Å². The van der Waals surface area contributed by atoms with E-state index in [4.69, 9.17) is 5.73 Å². The van der Waals surface area contributed by atoms with Gasteiger partial charge in [0.25, 0.3) is 0 Å². The Morgan fingerprint density at radius 2 is 1.94 bits per heavy atom. The minimum absolute atomic E-state index is 0.0857. The lowest BCUT2D eigenvalue weighted by atomic mass is 9.84. The largest absolute Gasteiger partial charge is 0.353 e. The monoisotopic (exact) mass is 254 g/mol. The topological polar surface area (TPSA) is 55.1 Å². The molecule has 106 valence electrons. The van der Waals surface area contributed by atoms with Crippen LogP contribution in [0.4, 0.5) is 0 Å². The number of amides is 1. The van der Waals surface area contributed by atoms with E-state index in [1.165, 1.54) is 25.7 Å². The molecule has 1 saturated carbocycles. The highest BCUT2D eigenvalue weighted by atomic mass is 16.1. The molecule has 0 saturated heterocycles. The molecular weight excluding hydrogens is 224 g/mol. The molecule has 0 spiro atoms. The summed E-state index contributed by atoms with van der Waals surface area (Å²) in [5.41, 5.74) is 5.71. The standard InChI is InChI=1S/C15H30N2O/c1-15(2,3)13(10-11-16)17-14(18)9-8-12-6-4-5-7-12/h12-13H,4-11,16H2,1-3H3,(H,17,18). The molecule has 0 bridgehead atoms. The Kier molecular flexibility index (Phi) is 6.13. The number of hydrogen-bond acceptors (Lipinski definition) is 2. The van der Waals surface area contributed by atoms with Crippen LogP contribution in [0, 0.1) is 11.3 Å². The van der Waals surface area contributed by atoms with Gasteiger partial charge in [-0.1, -0.05) is 46.5 Å². The molecule has 0 aliphatic heterocycles. The van der Waals surface area contributed by atoms with Gasteiger partial charge in [0.15, 0.2) is 0 Å². The number of carbonyl (C=O) groups is 1. The molecule has 3 nitrogen and oxygen atoms in total. The van der Waals surface area contributed by atoms with E-state index in [1.54, 1.807) is 0 Å². The molecule has 1 atom stereocenters. The van der Waals surface area contributed by atoms with E-state index in [-0.39, 0.29) is 17.4 Å². The molecule has 1 aliphatic rings. The Morgan fingerprint density at radius 3 is 2.44 bits per heavy atom. The van der Waals surface area contributed by atoms with Crippen LogP contribution in [0.2, 0.25) is 0 Å². The number of carbonyl (C=O) groups excluding carboxylic acids is 1. The zero-order valence-corrected chi connectivity index (χ0v) is 12.3. The molecule has 0 aromatic heterocycles. The zero-order valence-electron chi connectivity index (χ0n) is 12.3. The number of rotatable bonds is 6. The fraction of sp³-hybridized carbons (Fsp3) is 0.933. The summed E-state index contributed by atoms with van der Waals surface area (Å²) < 4.78 is 0. The van der Waals surface area contributed by atoms with Gasteiger partial charge in [0.05, 0.1) is 0 Å². The lowest BCUT2D eigenvalue weighted by Crippen LogP contribution is -2.44. The van der Waals surface area contributed by atoms with E-state index in [9.17, 15) is 4.79 Å². The van der Waals surface area contributed by atoms with Crippen LogP contribution in [0.5, 0.6) is 0 Å². The molecule has 1 rings (SSSR count). The third-order valence-electron chi connectivity index (χ3n) is 4.09. The second-order valence-corrected chi connectivity index (χ2v) is 6.75. The number of nitrogens with two attached hydrogens (primary N) is 1. The zero-order chi connectivity index (χ0) is 13.6. The van der Waals surface area contributed by atoms with Crippen LogP contribution in [0.1, 0.15) is 65.7 Å². The predicted molar refractivity (Wildman–Crippen MR) is 76.2 cm³/mol. The van der Waals surface area contributed by atoms with Crippen molar-refractivity contribution >= 4 is 5.91 Å². The van der Waals surface area contributed by atoms with Gasteiger partial charge in [0.1, 0.15) is 0 Å². The first-order chi connectivity index (χ1) is 8.43. The maximum Gasteiger partial charge on any atom is 0.220 e. The first-order valence-electron chi connectivity index (χ1n) is 7.43. The van der Waals surface area contributed by atoms with Crippen molar-refractivity contribution in [3.63, 3.8) is 0 Å². The second kappa shape index (κ2) is 7.13. The van der Waals surface area contributed by atoms with Gasteiger partial charge in [0.2, 0.25) is 5.91 Å². The summed E-state index contributed by atoms with van der Waals surface area (Å²) in [6, 6.07) is 0.193. The van der Waals surface area contributed by atoms with Gasteiger partial charge in [-0.25, -0.2) is 0 Å². The Hall–Kier alpha value is -0.570. The van der Waals surface area contributed by atoms with Gasteiger partial charge in [-0.3, -0.25) is 4.79 Å². The fourth-order valence-corrected chi connectivity index (χ4v) is 2.79. The molecule has 0 heterocycles. The van der Waals surface area contributed by atoms with E-state index in [0.29, 0.717) is 13.0 Å². The van der Waals surface area contributed by atoms with E-state index in [1.807, 2.05) is 0 Å². The Morgan fingerprint density at radius 1 is 1.33 bits per heavy atom. The maximum absolute atomic E-state index is 12.0. The van der Waals surface area contributed by atoms with Crippen molar-refractivity contribution in [2.24, 2.45) is 17.1 Å². The smallest absolute Gasteiger partial charge is 0.220 e. The van der Waals surface area contributed by atoms with Gasteiger partial charge in [-0.05, 0) is 30.7 Å². The Balaban J connectivity index is 2.31. The van der Waals surface area contributed by atoms with Gasteiger partial charge >= 0.3 is 0 Å². The highest BCUT2D eigenvalue weighted by molar-refractivity contribution is 5.76. The molecule has 0 aromatic carbocycles. The molecule has 18 heavy (non-hydrogen) atoms. The van der Waals surface area contributed by atoms with E-state index in [2.05, 4.69) is 26.1 Å². The molecule has 0 aromatic rings. The van der Waals surface area contributed by atoms with Crippen LogP contribution < -0.4 is 11.1 Å². The van der Waals surface area contributed by atoms with Crippen LogP contribution in [-0.4, -0.2) is 18.5 Å². The van der Waals surface area contributed by atoms with Crippen molar-refractivity contribution in [2.45, 2.75) is 71.8 Å². The molecule has 1 aliphatic carbocycles. The number of nitrogens with one attached hydrogen (secondary N) is 1. The molecule has 0 radical (unpaired) electrons. The second-order valence-electron chi connectivity index (χ2n) is 6.75. The van der Waals surface area contributed by atoms with Gasteiger partial charge in [-0.15, -0.1) is 0 Å². The Bertz CT molecular complexity index is 252. The first kappa shape index (κ1) is 15.5. The van der Waals surface area contributed by atoms with Crippen LogP contribution >= 0.6 is 0 Å². The lowest BCUT2D eigenvalue weighted by Gasteiger charge is -2.31. The molecular formula is C15H30N2O. The van der Waals surface area contributed by atoms with Gasteiger partial charge in [0, 0.05) is 12.5 Å². The molecule has 1 unspecified atom stereocenters. The molecule has 3 heteroatoms. The molecule has 1 fully saturated rings. The highest BCUT2D eigenvalue weighted by Gasteiger charge is 2.25. The van der Waals surface area contributed by atoms with E-state index < -0.39 is 0 Å². The fourth-order valence-electron chi connectivity index (χ4n) is 2.79. The third-order valence-corrected chi connectivity index (χ3v) is 4.09. The van der Waals surface area contributed by atoms with Crippen molar-refractivity contribution in [3.8, 4) is 0 Å². The van der Waals surface area contributed by atoms with Crippen molar-refractivity contribution < 1.29 is 4.79 Å². The van der Waals surface area contributed by atoms with Crippen LogP contribution in [0.3, 0.4) is 0 Å². The van der Waals surface area contributed by atoms with Crippen LogP contribution in [-0.2, 0) is 4.79 Å². The summed E-state index contributed by atoms with van der Waals surface area (Å²) in [7, 11) is 0. The van der Waals surface area contributed by atoms with E-state index in [0.717, 1.165) is 18.8 Å². The average molecular weight is 254 g/mol. The van der Waals surface area contributed by atoms with Crippen molar-refractivity contribution in [1.29, 1.82) is 0 Å². The summed E-state index contributed by atoms with van der Waals surface area (Å²) in [4.78, 5) is 12.0. The first-order valence-corrected chi connectivity index (χ1v) is 7.43. The summed E-state index contributed by atoms with van der Waals surface area (Å²) in [5, 5.41) is 3.16. The predicted octanol–water partition coefficient (Wildman–Crippen LogP) is 2.84. The molecule has 3 N–H and O–H groups in total. The van der Waals surface area contributed by atoms with Crippen LogP contribution in [0.25, 0.3) is 0 Å². The van der Waals surface area contributed by atoms with Crippen LogP contribution in [0.15, 0.2) is 0 Å². The van der Waals surface area contributed by atoms with Crippen molar-refractivity contribution in [1.82, 2.24) is 5.32 Å². The SMILES string of the molecule is CC(C)(C)C(CCN)NC(=O)CCC1CCCC1. The summed E-state index contributed by atoms with van der Waals surface area (Å²) in [6.45, 7) is 7.10. The normalized spacial score (nSPS) is 18.9. The van der Waals surface area contributed by atoms with E-state index >= 15 is 0 Å². The Labute approximate surface area is 112 Å². The quantitative estimate of drug-likeness (QED) is 0.766. The van der Waals surface area contributed by atoms with Gasteiger partial charge in [-0.2, -0.15) is 0 Å². The minimum Gasteiger partial charge on any atom is -0.353 e. The summed E-state index contributed by atoms with van der Waals surface area (Å²) >= 11 is 0. The van der Waals surface area contributed by atoms with Crippen molar-refractivity contribution in [3.05, 3.63) is 0 Å². The van der Waals surface area contributed by atoms with Gasteiger partial charge < -0.3 is 11.1 Å². The summed E-state index contributed by atoms with van der Waals surface area (Å²) in [5.74, 6) is 0.994. The molecule has 1 amide bonds. The minimum atomic E-state index is 0.0857. The number of hydrogen-bond donors (Lipinski definition) is 2.